The van der Waals surface area contributed by atoms with Crippen molar-refractivity contribution in [2.45, 2.75) is 26.8 Å². The first-order valence-corrected chi connectivity index (χ1v) is 9.39. The van der Waals surface area contributed by atoms with E-state index >= 15 is 0 Å². The Kier molecular flexibility index (Phi) is 6.40. The molecule has 10 heteroatoms. The number of amides is 1. The van der Waals surface area contributed by atoms with Crippen molar-refractivity contribution in [2.24, 2.45) is 0 Å². The first kappa shape index (κ1) is 22.0. The number of nitrogens with zero attached hydrogens (tertiary/aromatic N) is 3. The average molecular weight is 428 g/mol. The van der Waals surface area contributed by atoms with Gasteiger partial charge in [-0.2, -0.15) is 0 Å². The van der Waals surface area contributed by atoms with Crippen LogP contribution in [0.3, 0.4) is 0 Å². The number of anilines is 2. The number of hydrogen-bond acceptors (Lipinski definition) is 6. The molecule has 1 aromatic carbocycles. The van der Waals surface area contributed by atoms with E-state index in [0.29, 0.717) is 29.0 Å². The summed E-state index contributed by atoms with van der Waals surface area (Å²) in [5.41, 5.74) is 7.10. The number of halogens is 2. The fraction of sp³-hybridized carbons (Fsp3) is 0.238. The smallest absolute Gasteiger partial charge is 0.272 e. The molecule has 2 aromatic heterocycles. The number of hydrogen-bond donors (Lipinski definition) is 3. The van der Waals surface area contributed by atoms with Gasteiger partial charge in [0.15, 0.2) is 0 Å². The van der Waals surface area contributed by atoms with Gasteiger partial charge in [-0.3, -0.25) is 19.1 Å². The summed E-state index contributed by atoms with van der Waals surface area (Å²) in [5, 5.41) is 5.59. The Morgan fingerprint density at radius 2 is 1.87 bits per heavy atom. The van der Waals surface area contributed by atoms with Crippen molar-refractivity contribution >= 4 is 17.4 Å². The van der Waals surface area contributed by atoms with Gasteiger partial charge in [0, 0.05) is 18.3 Å². The van der Waals surface area contributed by atoms with Crippen LogP contribution in [0, 0.1) is 13.8 Å². The van der Waals surface area contributed by atoms with E-state index in [9.17, 15) is 18.4 Å². The highest BCUT2D eigenvalue weighted by Crippen LogP contribution is 2.26. The van der Waals surface area contributed by atoms with E-state index in [0.717, 1.165) is 10.1 Å². The lowest BCUT2D eigenvalue weighted by Crippen LogP contribution is -2.31. The summed E-state index contributed by atoms with van der Waals surface area (Å²) < 4.78 is 27.3. The van der Waals surface area contributed by atoms with Gasteiger partial charge in [0.1, 0.15) is 17.7 Å². The van der Waals surface area contributed by atoms with Gasteiger partial charge in [0.05, 0.1) is 17.6 Å². The standard InChI is InChI=1S/C21H22F2N6O2/c1-11-4-14(18(22)23)5-12(2)17(11)29-10-27-19(24)16(21(29)31)20(30)28-15-6-13(7-25-3)8-26-9-15/h4-6,8-10,18,25H,7,24H2,1-3H3,(H,28,30). The summed E-state index contributed by atoms with van der Waals surface area (Å²) in [6.45, 7) is 3.76. The van der Waals surface area contributed by atoms with Gasteiger partial charge in [-0.05, 0) is 55.8 Å². The Morgan fingerprint density at radius 1 is 1.19 bits per heavy atom. The predicted octanol–water partition coefficient (Wildman–Crippen LogP) is 2.74. The van der Waals surface area contributed by atoms with Crippen LogP contribution in [0.25, 0.3) is 5.69 Å². The van der Waals surface area contributed by atoms with E-state index in [1.165, 1.54) is 24.7 Å². The minimum atomic E-state index is -2.64. The number of carbonyl (C=O) groups is 1. The number of rotatable bonds is 6. The fourth-order valence-electron chi connectivity index (χ4n) is 3.39. The van der Waals surface area contributed by atoms with E-state index in [4.69, 9.17) is 5.73 Å². The lowest BCUT2D eigenvalue weighted by molar-refractivity contribution is 0.102. The molecule has 4 N–H and O–H groups in total. The minimum Gasteiger partial charge on any atom is -0.383 e. The summed E-state index contributed by atoms with van der Waals surface area (Å²) in [4.78, 5) is 34.0. The maximum absolute atomic E-state index is 13.1. The van der Waals surface area contributed by atoms with Gasteiger partial charge in [-0.15, -0.1) is 0 Å². The van der Waals surface area contributed by atoms with Crippen molar-refractivity contribution in [3.05, 3.63) is 75.1 Å². The fourth-order valence-corrected chi connectivity index (χ4v) is 3.39. The summed E-state index contributed by atoms with van der Waals surface area (Å²) in [7, 11) is 1.78. The quantitative estimate of drug-likeness (QED) is 0.556. The molecule has 3 rings (SSSR count). The van der Waals surface area contributed by atoms with Crippen molar-refractivity contribution in [1.82, 2.24) is 19.9 Å². The minimum absolute atomic E-state index is 0.151. The third-order valence-electron chi connectivity index (χ3n) is 4.67. The van der Waals surface area contributed by atoms with Gasteiger partial charge in [-0.25, -0.2) is 13.8 Å². The lowest BCUT2D eigenvalue weighted by Gasteiger charge is -2.16. The second-order valence-corrected chi connectivity index (χ2v) is 7.05. The normalized spacial score (nSPS) is 11.0. The molecular formula is C21H22F2N6O2. The Bertz CT molecular complexity index is 1170. The molecule has 162 valence electrons. The summed E-state index contributed by atoms with van der Waals surface area (Å²) in [6, 6.07) is 4.31. The van der Waals surface area contributed by atoms with Crippen molar-refractivity contribution in [3.8, 4) is 5.69 Å². The highest BCUT2D eigenvalue weighted by molar-refractivity contribution is 6.06. The largest absolute Gasteiger partial charge is 0.383 e. The molecular weight excluding hydrogens is 406 g/mol. The van der Waals surface area contributed by atoms with Crippen LogP contribution in [0.5, 0.6) is 0 Å². The molecule has 0 saturated carbocycles. The van der Waals surface area contributed by atoms with Crippen molar-refractivity contribution in [2.75, 3.05) is 18.1 Å². The van der Waals surface area contributed by atoms with Crippen LogP contribution in [0.15, 0.2) is 41.7 Å². The molecule has 8 nitrogen and oxygen atoms in total. The zero-order valence-corrected chi connectivity index (χ0v) is 17.2. The van der Waals surface area contributed by atoms with E-state index in [2.05, 4.69) is 20.6 Å². The summed E-state index contributed by atoms with van der Waals surface area (Å²) in [6.07, 6.45) is 1.63. The Morgan fingerprint density at radius 3 is 2.48 bits per heavy atom. The number of carbonyl (C=O) groups excluding carboxylic acids is 1. The Hall–Kier alpha value is -3.66. The third kappa shape index (κ3) is 4.58. The molecule has 2 heterocycles. The number of nitrogens with two attached hydrogens (primary N) is 1. The molecule has 0 unspecified atom stereocenters. The average Bonchev–Trinajstić information content (AvgIpc) is 2.69. The second-order valence-electron chi connectivity index (χ2n) is 7.05. The van der Waals surface area contributed by atoms with Crippen molar-refractivity contribution in [3.63, 3.8) is 0 Å². The molecule has 0 spiro atoms. The second kappa shape index (κ2) is 9.00. The molecule has 0 aliphatic heterocycles. The molecule has 0 aliphatic rings. The molecule has 0 atom stereocenters. The van der Waals surface area contributed by atoms with Crippen molar-refractivity contribution in [1.29, 1.82) is 0 Å². The molecule has 0 aliphatic carbocycles. The summed E-state index contributed by atoms with van der Waals surface area (Å²) in [5.74, 6) is -0.982. The van der Waals surface area contributed by atoms with Crippen LogP contribution >= 0.6 is 0 Å². The Labute approximate surface area is 177 Å². The van der Waals surface area contributed by atoms with Crippen molar-refractivity contribution < 1.29 is 13.6 Å². The molecule has 1 amide bonds. The van der Waals surface area contributed by atoms with E-state index in [1.807, 2.05) is 0 Å². The number of nitrogen functional groups attached to an aromatic ring is 1. The first-order chi connectivity index (χ1) is 14.7. The number of aromatic nitrogens is 3. The lowest BCUT2D eigenvalue weighted by atomic mass is 10.0. The predicted molar refractivity (Wildman–Crippen MR) is 114 cm³/mol. The zero-order chi connectivity index (χ0) is 22.7. The van der Waals surface area contributed by atoms with Gasteiger partial charge in [-0.1, -0.05) is 0 Å². The van der Waals surface area contributed by atoms with Crippen LogP contribution in [0.1, 0.15) is 39.0 Å². The molecule has 0 saturated heterocycles. The van der Waals surface area contributed by atoms with E-state index < -0.39 is 17.9 Å². The van der Waals surface area contributed by atoms with E-state index in [1.54, 1.807) is 33.2 Å². The van der Waals surface area contributed by atoms with Crippen LogP contribution in [-0.2, 0) is 6.54 Å². The topological polar surface area (TPSA) is 115 Å². The van der Waals surface area contributed by atoms with Crippen LogP contribution in [0.2, 0.25) is 0 Å². The number of alkyl halides is 2. The highest BCUT2D eigenvalue weighted by Gasteiger charge is 2.21. The molecule has 0 fully saturated rings. The van der Waals surface area contributed by atoms with Crippen LogP contribution < -0.4 is 21.9 Å². The van der Waals surface area contributed by atoms with Gasteiger partial charge in [0.25, 0.3) is 17.9 Å². The molecule has 31 heavy (non-hydrogen) atoms. The number of aryl methyl sites for hydroxylation is 2. The number of benzene rings is 1. The third-order valence-corrected chi connectivity index (χ3v) is 4.67. The van der Waals surface area contributed by atoms with E-state index in [-0.39, 0.29) is 16.9 Å². The van der Waals surface area contributed by atoms with Gasteiger partial charge < -0.3 is 16.4 Å². The molecule has 0 bridgehead atoms. The number of nitrogens with one attached hydrogen (secondary N) is 2. The molecule has 0 radical (unpaired) electrons. The zero-order valence-electron chi connectivity index (χ0n) is 17.2. The first-order valence-electron chi connectivity index (χ1n) is 9.39. The summed E-state index contributed by atoms with van der Waals surface area (Å²) >= 11 is 0. The Balaban J connectivity index is 2.03. The van der Waals surface area contributed by atoms with Gasteiger partial charge in [0.2, 0.25) is 0 Å². The SMILES string of the molecule is CNCc1cncc(NC(=O)c2c(N)ncn(-c3c(C)cc(C(F)F)cc3C)c2=O)c1. The van der Waals surface area contributed by atoms with Crippen LogP contribution in [-0.4, -0.2) is 27.5 Å². The maximum Gasteiger partial charge on any atom is 0.272 e. The maximum atomic E-state index is 13.1. The van der Waals surface area contributed by atoms with Gasteiger partial charge >= 0.3 is 0 Å². The van der Waals surface area contributed by atoms with Crippen LogP contribution in [0.4, 0.5) is 20.3 Å². The number of pyridine rings is 1. The molecule has 3 aromatic rings. The highest BCUT2D eigenvalue weighted by atomic mass is 19.3. The monoisotopic (exact) mass is 428 g/mol.